The van der Waals surface area contributed by atoms with Crippen LogP contribution in [0, 0.1) is 11.8 Å². The smallest absolute Gasteiger partial charge is 0.303 e. The minimum atomic E-state index is -0.880. The fourth-order valence-electron chi connectivity index (χ4n) is 2.38. The van der Waals surface area contributed by atoms with Crippen molar-refractivity contribution in [1.29, 1.82) is 0 Å². The fraction of sp³-hybridized carbons (Fsp3) is 0.786. The van der Waals surface area contributed by atoms with Crippen LogP contribution < -0.4 is 10.6 Å². The van der Waals surface area contributed by atoms with E-state index in [1.54, 1.807) is 13.8 Å². The van der Waals surface area contributed by atoms with Gasteiger partial charge in [-0.15, -0.1) is 0 Å². The molecule has 0 bridgehead atoms. The first-order valence-electron chi connectivity index (χ1n) is 7.20. The molecule has 1 saturated carbocycles. The summed E-state index contributed by atoms with van der Waals surface area (Å²) in [5.41, 5.74) is 0. The highest BCUT2D eigenvalue weighted by atomic mass is 16.4. The minimum Gasteiger partial charge on any atom is -0.481 e. The van der Waals surface area contributed by atoms with Crippen LogP contribution in [-0.2, 0) is 14.4 Å². The normalized spacial score (nSPS) is 18.3. The van der Waals surface area contributed by atoms with E-state index in [0.29, 0.717) is 6.54 Å². The number of nitrogens with one attached hydrogen (secondary N) is 2. The molecule has 1 fully saturated rings. The number of carbonyl (C=O) groups is 3. The van der Waals surface area contributed by atoms with Gasteiger partial charge in [0.1, 0.15) is 6.04 Å². The second kappa shape index (κ2) is 7.87. The number of rotatable bonds is 7. The quantitative estimate of drug-likeness (QED) is 0.647. The molecule has 1 aliphatic carbocycles. The van der Waals surface area contributed by atoms with Crippen molar-refractivity contribution in [2.75, 3.05) is 6.54 Å². The molecule has 0 aromatic carbocycles. The summed E-state index contributed by atoms with van der Waals surface area (Å²) in [5, 5.41) is 14.0. The molecular weight excluding hydrogens is 260 g/mol. The Morgan fingerprint density at radius 3 is 2.35 bits per heavy atom. The lowest BCUT2D eigenvalue weighted by Crippen LogP contribution is -2.47. The Morgan fingerprint density at radius 2 is 1.80 bits per heavy atom. The Hall–Kier alpha value is -1.59. The van der Waals surface area contributed by atoms with Crippen molar-refractivity contribution >= 4 is 17.8 Å². The molecule has 1 rings (SSSR count). The zero-order valence-corrected chi connectivity index (χ0v) is 12.1. The van der Waals surface area contributed by atoms with Crippen LogP contribution in [0.4, 0.5) is 0 Å². The second-order valence-electron chi connectivity index (χ2n) is 5.66. The molecule has 3 N–H and O–H groups in total. The van der Waals surface area contributed by atoms with Crippen LogP contribution in [0.1, 0.15) is 46.0 Å². The Kier molecular flexibility index (Phi) is 6.48. The molecule has 2 unspecified atom stereocenters. The summed E-state index contributed by atoms with van der Waals surface area (Å²) in [7, 11) is 0. The van der Waals surface area contributed by atoms with E-state index < -0.39 is 12.0 Å². The molecule has 0 spiro atoms. The predicted molar refractivity (Wildman–Crippen MR) is 74.0 cm³/mol. The lowest BCUT2D eigenvalue weighted by Gasteiger charge is -2.18. The minimum absolute atomic E-state index is 0.0170. The Bertz CT molecular complexity index is 364. The molecule has 6 nitrogen and oxygen atoms in total. The van der Waals surface area contributed by atoms with Gasteiger partial charge in [-0.2, -0.15) is 0 Å². The topological polar surface area (TPSA) is 95.5 Å². The third-order valence-corrected chi connectivity index (χ3v) is 3.63. The summed E-state index contributed by atoms with van der Waals surface area (Å²) in [6, 6.07) is -0.583. The largest absolute Gasteiger partial charge is 0.481 e. The summed E-state index contributed by atoms with van der Waals surface area (Å²) >= 11 is 0. The highest BCUT2D eigenvalue weighted by molar-refractivity contribution is 5.88. The molecule has 2 atom stereocenters. The predicted octanol–water partition coefficient (Wildman–Crippen LogP) is 0.908. The van der Waals surface area contributed by atoms with Crippen LogP contribution in [0.2, 0.25) is 0 Å². The summed E-state index contributed by atoms with van der Waals surface area (Å²) in [4.78, 5) is 34.2. The maximum absolute atomic E-state index is 11.9. The lowest BCUT2D eigenvalue weighted by atomic mass is 10.1. The van der Waals surface area contributed by atoms with Gasteiger partial charge in [-0.3, -0.25) is 14.4 Å². The van der Waals surface area contributed by atoms with Gasteiger partial charge >= 0.3 is 5.97 Å². The lowest BCUT2D eigenvalue weighted by molar-refractivity contribution is -0.138. The number of carboxylic acids is 1. The molecule has 0 saturated heterocycles. The second-order valence-corrected chi connectivity index (χ2v) is 5.66. The summed E-state index contributed by atoms with van der Waals surface area (Å²) < 4.78 is 0. The van der Waals surface area contributed by atoms with Gasteiger partial charge in [0, 0.05) is 18.9 Å². The van der Waals surface area contributed by atoms with Crippen molar-refractivity contribution in [2.45, 2.75) is 52.0 Å². The molecule has 0 aliphatic heterocycles. The van der Waals surface area contributed by atoms with E-state index in [0.717, 1.165) is 25.7 Å². The number of amides is 2. The Morgan fingerprint density at radius 1 is 1.20 bits per heavy atom. The van der Waals surface area contributed by atoms with Crippen molar-refractivity contribution in [3.8, 4) is 0 Å². The van der Waals surface area contributed by atoms with Gasteiger partial charge in [0.15, 0.2) is 0 Å². The Labute approximate surface area is 119 Å². The number of aliphatic carboxylic acids is 1. The standard InChI is InChI=1S/C14H24N2O4/c1-9(7-12(17)18)8-15-13(19)10(2)16-14(20)11-5-3-4-6-11/h9-11H,3-8H2,1-2H3,(H,15,19)(H,16,20)(H,17,18). The van der Waals surface area contributed by atoms with Gasteiger partial charge in [-0.05, 0) is 25.7 Å². The van der Waals surface area contributed by atoms with Gasteiger partial charge in [-0.25, -0.2) is 0 Å². The molecule has 0 heterocycles. The van der Waals surface area contributed by atoms with Crippen molar-refractivity contribution in [2.24, 2.45) is 11.8 Å². The third kappa shape index (κ3) is 5.59. The van der Waals surface area contributed by atoms with Gasteiger partial charge in [-0.1, -0.05) is 19.8 Å². The third-order valence-electron chi connectivity index (χ3n) is 3.63. The number of hydrogen-bond donors (Lipinski definition) is 3. The molecular formula is C14H24N2O4. The van der Waals surface area contributed by atoms with E-state index in [1.165, 1.54) is 0 Å². The monoisotopic (exact) mass is 284 g/mol. The van der Waals surface area contributed by atoms with E-state index in [1.807, 2.05) is 0 Å². The highest BCUT2D eigenvalue weighted by Gasteiger charge is 2.25. The Balaban J connectivity index is 2.27. The average molecular weight is 284 g/mol. The van der Waals surface area contributed by atoms with Gasteiger partial charge in [0.05, 0.1) is 0 Å². The zero-order valence-electron chi connectivity index (χ0n) is 12.1. The van der Waals surface area contributed by atoms with E-state index in [9.17, 15) is 14.4 Å². The molecule has 0 aromatic rings. The van der Waals surface area contributed by atoms with Crippen LogP contribution in [-0.4, -0.2) is 35.5 Å². The number of carbonyl (C=O) groups excluding carboxylic acids is 2. The van der Waals surface area contributed by atoms with Gasteiger partial charge in [0.2, 0.25) is 11.8 Å². The first-order chi connectivity index (χ1) is 9.40. The zero-order chi connectivity index (χ0) is 15.1. The van der Waals surface area contributed by atoms with Crippen LogP contribution >= 0.6 is 0 Å². The number of hydrogen-bond acceptors (Lipinski definition) is 3. The summed E-state index contributed by atoms with van der Waals surface area (Å²) in [6.45, 7) is 3.70. The maximum Gasteiger partial charge on any atom is 0.303 e. The summed E-state index contributed by atoms with van der Waals surface area (Å²) in [6.07, 6.45) is 3.96. The molecule has 2 amide bonds. The van der Waals surface area contributed by atoms with Crippen molar-refractivity contribution in [3.05, 3.63) is 0 Å². The molecule has 0 radical (unpaired) electrons. The average Bonchev–Trinajstić information content (AvgIpc) is 2.88. The molecule has 114 valence electrons. The van der Waals surface area contributed by atoms with Gasteiger partial charge < -0.3 is 15.7 Å². The van der Waals surface area contributed by atoms with Crippen LogP contribution in [0.15, 0.2) is 0 Å². The highest BCUT2D eigenvalue weighted by Crippen LogP contribution is 2.24. The molecule has 6 heteroatoms. The van der Waals surface area contributed by atoms with Crippen LogP contribution in [0.5, 0.6) is 0 Å². The van der Waals surface area contributed by atoms with Crippen molar-refractivity contribution in [1.82, 2.24) is 10.6 Å². The van der Waals surface area contributed by atoms with Crippen LogP contribution in [0.25, 0.3) is 0 Å². The maximum atomic E-state index is 11.9. The first kappa shape index (κ1) is 16.5. The molecule has 0 aromatic heterocycles. The summed E-state index contributed by atoms with van der Waals surface area (Å²) in [5.74, 6) is -1.29. The fourth-order valence-corrected chi connectivity index (χ4v) is 2.38. The van der Waals surface area contributed by atoms with Crippen LogP contribution in [0.3, 0.4) is 0 Å². The van der Waals surface area contributed by atoms with Gasteiger partial charge in [0.25, 0.3) is 0 Å². The van der Waals surface area contributed by atoms with Crippen molar-refractivity contribution in [3.63, 3.8) is 0 Å². The SMILES string of the molecule is CC(CNC(=O)C(C)NC(=O)C1CCCC1)CC(=O)O. The molecule has 1 aliphatic rings. The van der Waals surface area contributed by atoms with E-state index in [4.69, 9.17) is 5.11 Å². The van der Waals surface area contributed by atoms with E-state index >= 15 is 0 Å². The van der Waals surface area contributed by atoms with E-state index in [-0.39, 0.29) is 30.1 Å². The van der Waals surface area contributed by atoms with Crippen molar-refractivity contribution < 1.29 is 19.5 Å². The number of carboxylic acid groups (broad SMARTS) is 1. The molecule has 20 heavy (non-hydrogen) atoms. The van der Waals surface area contributed by atoms with E-state index in [2.05, 4.69) is 10.6 Å². The first-order valence-corrected chi connectivity index (χ1v) is 7.20.